The van der Waals surface area contributed by atoms with Crippen molar-refractivity contribution in [1.82, 2.24) is 19.6 Å². The summed E-state index contributed by atoms with van der Waals surface area (Å²) in [5.74, 6) is 0.373. The molecule has 8 nitrogen and oxygen atoms in total. The Bertz CT molecular complexity index is 1050. The van der Waals surface area contributed by atoms with Crippen LogP contribution in [0.5, 0.6) is 0 Å². The first kappa shape index (κ1) is 19.6. The van der Waals surface area contributed by atoms with E-state index in [1.165, 1.54) is 18.7 Å². The fraction of sp³-hybridized carbons (Fsp3) is 0.111. The highest BCUT2D eigenvalue weighted by Gasteiger charge is 2.15. The minimum atomic E-state index is -0.333. The summed E-state index contributed by atoms with van der Waals surface area (Å²) in [6, 6.07) is 5.30. The Balaban J connectivity index is 1.84. The topological polar surface area (TPSA) is 102 Å². The van der Waals surface area contributed by atoms with Crippen LogP contribution in [0.3, 0.4) is 0 Å². The molecule has 3 aromatic rings. The van der Waals surface area contributed by atoms with E-state index >= 15 is 0 Å². The second-order valence-corrected chi connectivity index (χ2v) is 6.60. The van der Waals surface area contributed by atoms with E-state index in [1.54, 1.807) is 32.2 Å². The Labute approximate surface area is 170 Å². The summed E-state index contributed by atoms with van der Waals surface area (Å²) >= 11 is 7.33. The number of aromatic nitrogens is 4. The van der Waals surface area contributed by atoms with Crippen LogP contribution in [-0.2, 0) is 4.74 Å². The van der Waals surface area contributed by atoms with Crippen molar-refractivity contribution in [2.24, 2.45) is 4.99 Å². The summed E-state index contributed by atoms with van der Waals surface area (Å²) in [4.78, 5) is 25.3. The molecular formula is C18H15ClN6O2S. The van der Waals surface area contributed by atoms with Gasteiger partial charge in [-0.3, -0.25) is 14.8 Å². The van der Waals surface area contributed by atoms with Crippen molar-refractivity contribution in [3.05, 3.63) is 64.6 Å². The molecule has 0 aliphatic heterocycles. The molecule has 0 saturated heterocycles. The number of aliphatic imine (C=N–C) groups is 1. The Kier molecular flexibility index (Phi) is 6.07. The molecule has 0 aliphatic rings. The van der Waals surface area contributed by atoms with Gasteiger partial charge in [0.05, 0.1) is 35.1 Å². The molecule has 1 N–H and O–H groups in total. The monoisotopic (exact) mass is 414 g/mol. The van der Waals surface area contributed by atoms with Crippen LogP contribution >= 0.6 is 23.1 Å². The van der Waals surface area contributed by atoms with Crippen LogP contribution in [-0.4, -0.2) is 38.4 Å². The number of aryl methyl sites for hydroxylation is 1. The van der Waals surface area contributed by atoms with Gasteiger partial charge in [0.15, 0.2) is 5.82 Å². The van der Waals surface area contributed by atoms with Crippen molar-refractivity contribution in [3.63, 3.8) is 0 Å². The Morgan fingerprint density at radius 3 is 2.79 bits per heavy atom. The Morgan fingerprint density at radius 2 is 2.18 bits per heavy atom. The number of hydrogen-bond acceptors (Lipinski definition) is 8. The fourth-order valence-corrected chi connectivity index (χ4v) is 3.09. The van der Waals surface area contributed by atoms with Crippen molar-refractivity contribution in [2.75, 3.05) is 12.4 Å². The number of carbonyl (C=O) groups is 1. The summed E-state index contributed by atoms with van der Waals surface area (Å²) in [7, 11) is 1.62. The first-order valence-electron chi connectivity index (χ1n) is 8.00. The second kappa shape index (κ2) is 8.68. The third kappa shape index (κ3) is 4.21. The van der Waals surface area contributed by atoms with Gasteiger partial charge in [0, 0.05) is 18.2 Å². The zero-order valence-electron chi connectivity index (χ0n) is 15.0. The van der Waals surface area contributed by atoms with Crippen LogP contribution in [0.25, 0.3) is 11.3 Å². The van der Waals surface area contributed by atoms with Gasteiger partial charge >= 0.3 is 0 Å². The van der Waals surface area contributed by atoms with Crippen LogP contribution in [0, 0.1) is 6.92 Å². The summed E-state index contributed by atoms with van der Waals surface area (Å²) in [6.45, 7) is 5.25. The van der Waals surface area contributed by atoms with E-state index in [4.69, 9.17) is 16.3 Å². The van der Waals surface area contributed by atoms with Gasteiger partial charge in [-0.05, 0) is 36.7 Å². The number of hydrogen-bond donors (Lipinski definition) is 1. The highest BCUT2D eigenvalue weighted by Crippen LogP contribution is 2.28. The molecule has 28 heavy (non-hydrogen) atoms. The molecule has 0 spiro atoms. The number of nitrogens with one attached hydrogen (secondary N) is 1. The average molecular weight is 415 g/mol. The van der Waals surface area contributed by atoms with Gasteiger partial charge in [0.2, 0.25) is 5.90 Å². The van der Waals surface area contributed by atoms with E-state index in [0.29, 0.717) is 44.1 Å². The molecule has 0 radical (unpaired) electrons. The molecule has 0 bridgehead atoms. The summed E-state index contributed by atoms with van der Waals surface area (Å²) in [5.41, 5.74) is 2.47. The summed E-state index contributed by atoms with van der Waals surface area (Å²) in [6.07, 6.45) is 4.28. The number of anilines is 1. The summed E-state index contributed by atoms with van der Waals surface area (Å²) < 4.78 is 9.04. The van der Waals surface area contributed by atoms with Gasteiger partial charge in [0.1, 0.15) is 4.88 Å². The third-order valence-electron chi connectivity index (χ3n) is 3.64. The lowest BCUT2D eigenvalue weighted by Crippen LogP contribution is -2.13. The van der Waals surface area contributed by atoms with Crippen molar-refractivity contribution < 1.29 is 9.53 Å². The largest absolute Gasteiger partial charge is 0.447 e. The molecule has 10 heteroatoms. The van der Waals surface area contributed by atoms with E-state index in [0.717, 1.165) is 11.5 Å². The molecule has 0 aliphatic carbocycles. The van der Waals surface area contributed by atoms with Crippen LogP contribution in [0.15, 0.2) is 48.4 Å². The fourth-order valence-electron chi connectivity index (χ4n) is 2.33. The van der Waals surface area contributed by atoms with Crippen molar-refractivity contribution in [3.8, 4) is 11.3 Å². The second-order valence-electron chi connectivity index (χ2n) is 5.44. The molecule has 2 aromatic heterocycles. The van der Waals surface area contributed by atoms with Crippen LogP contribution in [0.1, 0.15) is 20.9 Å². The van der Waals surface area contributed by atoms with E-state index in [-0.39, 0.29) is 5.91 Å². The number of nitrogens with zero attached hydrogens (tertiary/aromatic N) is 5. The zero-order chi connectivity index (χ0) is 20.1. The van der Waals surface area contributed by atoms with E-state index < -0.39 is 0 Å². The maximum atomic E-state index is 12.2. The molecule has 1 amide bonds. The van der Waals surface area contributed by atoms with Gasteiger partial charge in [0.25, 0.3) is 5.91 Å². The molecular weight excluding hydrogens is 400 g/mol. The number of benzene rings is 1. The van der Waals surface area contributed by atoms with Gasteiger partial charge in [-0.2, -0.15) is 0 Å². The van der Waals surface area contributed by atoms with Gasteiger partial charge in [-0.1, -0.05) is 22.7 Å². The molecule has 0 atom stereocenters. The van der Waals surface area contributed by atoms with Crippen molar-refractivity contribution in [2.45, 2.75) is 6.92 Å². The van der Waals surface area contributed by atoms with Crippen molar-refractivity contribution >= 4 is 40.8 Å². The van der Waals surface area contributed by atoms with E-state index in [9.17, 15) is 4.79 Å². The van der Waals surface area contributed by atoms with E-state index in [2.05, 4.69) is 36.4 Å². The number of carbonyl (C=O) groups excluding carboxylic acids is 1. The third-order valence-corrected chi connectivity index (χ3v) is 4.79. The zero-order valence-corrected chi connectivity index (χ0v) is 16.6. The SMILES string of the molecule is C=CO/C(=N\C)c1ccc(Cl)c(-c2cnc(NC(=O)c3snnc3C)cn2)c1. The first-order chi connectivity index (χ1) is 13.5. The quantitative estimate of drug-likeness (QED) is 0.387. The standard InChI is InChI=1S/C18H15ClN6O2S/c1-4-27-18(20-3)11-5-6-13(19)12(7-11)14-8-22-15(9-21-14)23-17(26)16-10(2)24-25-28-16/h4-9H,1H2,2-3H3,(H,22,23,26)/b20-18-. The van der Waals surface area contributed by atoms with Gasteiger partial charge < -0.3 is 10.1 Å². The van der Waals surface area contributed by atoms with Crippen LogP contribution < -0.4 is 5.32 Å². The Morgan fingerprint density at radius 1 is 1.36 bits per heavy atom. The highest BCUT2D eigenvalue weighted by atomic mass is 35.5. The molecule has 0 unspecified atom stereocenters. The number of ether oxygens (including phenoxy) is 1. The van der Waals surface area contributed by atoms with Crippen LogP contribution in [0.4, 0.5) is 5.82 Å². The highest BCUT2D eigenvalue weighted by molar-refractivity contribution is 7.08. The number of halogens is 1. The van der Waals surface area contributed by atoms with Gasteiger partial charge in [-0.25, -0.2) is 4.98 Å². The Hall–Kier alpha value is -3.17. The molecule has 0 fully saturated rings. The predicted octanol–water partition coefficient (Wildman–Crippen LogP) is 3.75. The lowest BCUT2D eigenvalue weighted by molar-refractivity contribution is 0.102. The lowest BCUT2D eigenvalue weighted by atomic mass is 10.1. The number of amides is 1. The predicted molar refractivity (Wildman–Crippen MR) is 109 cm³/mol. The maximum Gasteiger partial charge on any atom is 0.270 e. The molecule has 142 valence electrons. The lowest BCUT2D eigenvalue weighted by Gasteiger charge is -2.09. The van der Waals surface area contributed by atoms with E-state index in [1.807, 2.05) is 0 Å². The van der Waals surface area contributed by atoms with Crippen LogP contribution in [0.2, 0.25) is 5.02 Å². The maximum absolute atomic E-state index is 12.2. The molecule has 1 aromatic carbocycles. The van der Waals surface area contributed by atoms with Gasteiger partial charge in [-0.15, -0.1) is 5.10 Å². The number of rotatable bonds is 5. The van der Waals surface area contributed by atoms with Crippen molar-refractivity contribution in [1.29, 1.82) is 0 Å². The normalized spacial score (nSPS) is 11.2. The minimum Gasteiger partial charge on any atom is -0.447 e. The molecule has 2 heterocycles. The average Bonchev–Trinajstić information content (AvgIpc) is 3.13. The first-order valence-corrected chi connectivity index (χ1v) is 9.15. The molecule has 0 saturated carbocycles. The smallest absolute Gasteiger partial charge is 0.270 e. The molecule has 3 rings (SSSR count). The summed E-state index contributed by atoms with van der Waals surface area (Å²) in [5, 5.41) is 6.98. The minimum absolute atomic E-state index is 0.305.